The third kappa shape index (κ3) is 5.62. The van der Waals surface area contributed by atoms with Crippen LogP contribution in [0.2, 0.25) is 0 Å². The van der Waals surface area contributed by atoms with Gasteiger partial charge in [-0.1, -0.05) is 72.8 Å². The summed E-state index contributed by atoms with van der Waals surface area (Å²) < 4.78 is 0. The van der Waals surface area contributed by atoms with Crippen molar-refractivity contribution < 1.29 is 5.11 Å². The van der Waals surface area contributed by atoms with Gasteiger partial charge in [-0.15, -0.1) is 0 Å². The van der Waals surface area contributed by atoms with E-state index >= 15 is 0 Å². The minimum absolute atomic E-state index is 0. The number of hydrogen-bond acceptors (Lipinski definition) is 1. The zero-order valence-corrected chi connectivity index (χ0v) is 10.5. The van der Waals surface area contributed by atoms with Crippen molar-refractivity contribution in [1.82, 2.24) is 0 Å². The Morgan fingerprint density at radius 1 is 0.600 bits per heavy atom. The molecule has 1 nitrogen and oxygen atoms in total. The van der Waals surface area contributed by atoms with E-state index in [4.69, 9.17) is 5.11 Å². The van der Waals surface area contributed by atoms with E-state index in [0.717, 1.165) is 5.56 Å². The van der Waals surface area contributed by atoms with Crippen molar-refractivity contribution in [2.75, 3.05) is 0 Å². The molecular weight excluding hydrogens is 255 g/mol. The van der Waals surface area contributed by atoms with Crippen LogP contribution in [0.4, 0.5) is 0 Å². The van der Waals surface area contributed by atoms with Crippen molar-refractivity contribution in [1.29, 1.82) is 0 Å². The van der Waals surface area contributed by atoms with Crippen LogP contribution in [0.3, 0.4) is 0 Å². The Morgan fingerprint density at radius 2 is 1.10 bits per heavy atom. The van der Waals surface area contributed by atoms with Gasteiger partial charge < -0.3 is 5.11 Å². The Balaban J connectivity index is 0.000000243. The first kappa shape index (κ1) is 16.5. The smallest absolute Gasteiger partial charge is 0.0184 e. The SMILES string of the molecule is Oc1ccc(-c2ccccc2)cc1.[NaH].[c]1ccccc1. The van der Waals surface area contributed by atoms with Gasteiger partial charge >= 0.3 is 29.6 Å². The number of hydrogen-bond donors (Lipinski definition) is 1. The van der Waals surface area contributed by atoms with Gasteiger partial charge in [-0.3, -0.25) is 0 Å². The molecule has 0 spiro atoms. The summed E-state index contributed by atoms with van der Waals surface area (Å²) in [4.78, 5) is 0. The third-order valence-electron chi connectivity index (χ3n) is 2.58. The molecule has 0 aromatic heterocycles. The van der Waals surface area contributed by atoms with Crippen LogP contribution in [0.1, 0.15) is 0 Å². The molecule has 0 heterocycles. The fraction of sp³-hybridized carbons (Fsp3) is 0. The topological polar surface area (TPSA) is 20.2 Å². The zero-order valence-electron chi connectivity index (χ0n) is 10.5. The second-order valence-electron chi connectivity index (χ2n) is 3.99. The van der Waals surface area contributed by atoms with Crippen LogP contribution in [0.25, 0.3) is 11.1 Å². The molecule has 3 rings (SSSR count). The third-order valence-corrected chi connectivity index (χ3v) is 2.58. The van der Waals surface area contributed by atoms with E-state index in [0.29, 0.717) is 5.75 Å². The standard InChI is InChI=1S/C12H10O.C6H5.Na.H/c13-12-8-6-11(7-9-12)10-4-2-1-3-5-10;1-2-4-6-5-3-1;;/h1-9,13H;1-5H;;. The molecule has 3 aromatic carbocycles. The van der Waals surface area contributed by atoms with Crippen LogP contribution in [0, 0.1) is 6.07 Å². The molecule has 2 heteroatoms. The molecule has 3 aromatic rings. The predicted molar refractivity (Wildman–Crippen MR) is 86.0 cm³/mol. The van der Waals surface area contributed by atoms with Gasteiger partial charge in [-0.2, -0.15) is 0 Å². The molecule has 0 aliphatic carbocycles. The monoisotopic (exact) mass is 271 g/mol. The first-order chi connectivity index (χ1) is 9.36. The van der Waals surface area contributed by atoms with E-state index in [1.165, 1.54) is 5.56 Å². The number of phenols is 1. The first-order valence-corrected chi connectivity index (χ1v) is 6.12. The first-order valence-electron chi connectivity index (χ1n) is 6.12. The second-order valence-corrected chi connectivity index (χ2v) is 3.99. The Morgan fingerprint density at radius 3 is 1.55 bits per heavy atom. The normalized spacial score (nSPS) is 8.80. The van der Waals surface area contributed by atoms with Crippen molar-refractivity contribution in [3.05, 3.63) is 91.0 Å². The van der Waals surface area contributed by atoms with E-state index in [1.807, 2.05) is 72.8 Å². The Hall–Kier alpha value is -1.54. The largest absolute Gasteiger partial charge is 0.0622 e. The van der Waals surface area contributed by atoms with E-state index in [9.17, 15) is 0 Å². The van der Waals surface area contributed by atoms with Gasteiger partial charge in [0.1, 0.15) is 5.75 Å². The maximum atomic E-state index is 9.10. The maximum Gasteiger partial charge on any atom is -0.0184 e. The summed E-state index contributed by atoms with van der Waals surface area (Å²) in [6.45, 7) is 0. The van der Waals surface area contributed by atoms with Crippen LogP contribution < -0.4 is 0 Å². The molecule has 0 atom stereocenters. The summed E-state index contributed by atoms with van der Waals surface area (Å²) in [6, 6.07) is 29.8. The average molecular weight is 271 g/mol. The van der Waals surface area contributed by atoms with Crippen molar-refractivity contribution in [2.24, 2.45) is 0 Å². The molecule has 20 heavy (non-hydrogen) atoms. The number of benzene rings is 3. The van der Waals surface area contributed by atoms with Gasteiger partial charge in [0, 0.05) is 0 Å². The maximum absolute atomic E-state index is 9.10. The minimum atomic E-state index is 0. The molecule has 0 bridgehead atoms. The van der Waals surface area contributed by atoms with Gasteiger partial charge in [0.15, 0.2) is 0 Å². The molecule has 0 saturated heterocycles. The fourth-order valence-corrected chi connectivity index (χ4v) is 1.63. The van der Waals surface area contributed by atoms with E-state index in [-0.39, 0.29) is 29.6 Å². The van der Waals surface area contributed by atoms with Gasteiger partial charge in [-0.05, 0) is 29.3 Å². The average Bonchev–Trinajstić information content (AvgIpc) is 2.51. The fourth-order valence-electron chi connectivity index (χ4n) is 1.63. The molecule has 0 amide bonds. The van der Waals surface area contributed by atoms with Crippen LogP contribution in [0.15, 0.2) is 84.9 Å². The summed E-state index contributed by atoms with van der Waals surface area (Å²) in [5.41, 5.74) is 2.29. The van der Waals surface area contributed by atoms with E-state index in [2.05, 4.69) is 6.07 Å². The van der Waals surface area contributed by atoms with Crippen LogP contribution in [-0.2, 0) is 0 Å². The quantitative estimate of drug-likeness (QED) is 0.666. The predicted octanol–water partition coefficient (Wildman–Crippen LogP) is 3.90. The summed E-state index contributed by atoms with van der Waals surface area (Å²) in [5, 5.41) is 9.10. The number of aromatic hydroxyl groups is 1. The van der Waals surface area contributed by atoms with Crippen LogP contribution >= 0.6 is 0 Å². The van der Waals surface area contributed by atoms with Crippen molar-refractivity contribution in [3.63, 3.8) is 0 Å². The Kier molecular flexibility index (Phi) is 7.74. The van der Waals surface area contributed by atoms with E-state index in [1.54, 1.807) is 12.1 Å². The molecule has 0 aliphatic heterocycles. The molecule has 95 valence electrons. The second kappa shape index (κ2) is 9.38. The van der Waals surface area contributed by atoms with Crippen LogP contribution in [0.5, 0.6) is 5.75 Å². The molecule has 1 radical (unpaired) electrons. The summed E-state index contributed by atoms with van der Waals surface area (Å²) >= 11 is 0. The molecule has 0 saturated carbocycles. The van der Waals surface area contributed by atoms with Gasteiger partial charge in [-0.25, -0.2) is 0 Å². The number of rotatable bonds is 1. The minimum Gasteiger partial charge on any atom is -0.0622 e. The summed E-state index contributed by atoms with van der Waals surface area (Å²) in [6.07, 6.45) is 0. The molecule has 0 aliphatic rings. The van der Waals surface area contributed by atoms with E-state index < -0.39 is 0 Å². The molecule has 0 unspecified atom stereocenters. The molecular formula is C18H16NaO. The summed E-state index contributed by atoms with van der Waals surface area (Å²) in [7, 11) is 0. The Labute approximate surface area is 142 Å². The van der Waals surface area contributed by atoms with Crippen molar-refractivity contribution >= 4 is 29.6 Å². The summed E-state index contributed by atoms with van der Waals surface area (Å²) in [5.74, 6) is 0.305. The number of phenolic OH excluding ortho intramolecular Hbond substituents is 1. The zero-order chi connectivity index (χ0) is 13.3. The van der Waals surface area contributed by atoms with Crippen molar-refractivity contribution in [3.8, 4) is 16.9 Å². The molecule has 0 fully saturated rings. The van der Waals surface area contributed by atoms with Gasteiger partial charge in [0.05, 0.1) is 0 Å². The van der Waals surface area contributed by atoms with Crippen molar-refractivity contribution in [2.45, 2.75) is 0 Å². The van der Waals surface area contributed by atoms with Gasteiger partial charge in [0.25, 0.3) is 0 Å². The molecule has 1 N–H and O–H groups in total. The Bertz CT molecular complexity index is 550. The van der Waals surface area contributed by atoms with Gasteiger partial charge in [0.2, 0.25) is 0 Å². The van der Waals surface area contributed by atoms with Crippen LogP contribution in [-0.4, -0.2) is 34.7 Å².